The Morgan fingerprint density at radius 2 is 2.00 bits per heavy atom. The largest absolute Gasteiger partial charge is 0.322 e. The maximum Gasteiger partial charge on any atom is 0.259 e. The molecular weight excluding hydrogens is 382 g/mol. The quantitative estimate of drug-likeness (QED) is 0.479. The SMILES string of the molecule is Cc1ccc(-c2nnn(C)n2)cc1NC(=O)c1cnn2ccc(-c3cn[nH]c3)cc12. The number of aromatic nitrogens is 8. The van der Waals surface area contributed by atoms with Crippen LogP contribution in [0.15, 0.2) is 55.1 Å². The maximum absolute atomic E-state index is 13.1. The number of hydrogen-bond acceptors (Lipinski definition) is 6. The van der Waals surface area contributed by atoms with Crippen LogP contribution in [0.5, 0.6) is 0 Å². The van der Waals surface area contributed by atoms with Gasteiger partial charge in [-0.05, 0) is 41.5 Å². The minimum Gasteiger partial charge on any atom is -0.322 e. The van der Waals surface area contributed by atoms with E-state index in [1.54, 1.807) is 30.2 Å². The molecule has 5 rings (SSSR count). The molecule has 30 heavy (non-hydrogen) atoms. The number of H-pyrrole nitrogens is 1. The molecule has 1 amide bonds. The Morgan fingerprint density at radius 3 is 2.77 bits per heavy atom. The highest BCUT2D eigenvalue weighted by Crippen LogP contribution is 2.25. The molecule has 0 saturated carbocycles. The van der Waals surface area contributed by atoms with Crippen LogP contribution in [0.25, 0.3) is 28.0 Å². The Hall–Kier alpha value is -4.34. The normalized spacial score (nSPS) is 11.1. The van der Waals surface area contributed by atoms with Crippen molar-refractivity contribution in [2.24, 2.45) is 7.05 Å². The van der Waals surface area contributed by atoms with Gasteiger partial charge in [-0.2, -0.15) is 15.0 Å². The van der Waals surface area contributed by atoms with Crippen molar-refractivity contribution in [3.8, 4) is 22.5 Å². The molecule has 0 radical (unpaired) electrons. The van der Waals surface area contributed by atoms with Gasteiger partial charge in [0.15, 0.2) is 0 Å². The zero-order chi connectivity index (χ0) is 20.7. The number of nitrogens with one attached hydrogen (secondary N) is 2. The number of fused-ring (bicyclic) bond motifs is 1. The van der Waals surface area contributed by atoms with Crippen molar-refractivity contribution < 1.29 is 4.79 Å². The van der Waals surface area contributed by atoms with Crippen LogP contribution in [0.4, 0.5) is 5.69 Å². The van der Waals surface area contributed by atoms with E-state index in [4.69, 9.17) is 0 Å². The third-order valence-electron chi connectivity index (χ3n) is 4.85. The van der Waals surface area contributed by atoms with Gasteiger partial charge in [0.2, 0.25) is 5.82 Å². The van der Waals surface area contributed by atoms with Crippen LogP contribution in [-0.2, 0) is 7.05 Å². The second kappa shape index (κ2) is 6.92. The van der Waals surface area contributed by atoms with Crippen LogP contribution in [0.2, 0.25) is 0 Å². The van der Waals surface area contributed by atoms with E-state index in [0.717, 1.165) is 22.3 Å². The highest BCUT2D eigenvalue weighted by Gasteiger charge is 2.16. The van der Waals surface area contributed by atoms with Gasteiger partial charge in [0.05, 0.1) is 30.5 Å². The number of anilines is 1. The predicted molar refractivity (Wildman–Crippen MR) is 110 cm³/mol. The number of aryl methyl sites for hydroxylation is 2. The summed E-state index contributed by atoms with van der Waals surface area (Å²) in [6.07, 6.45) is 6.92. The lowest BCUT2D eigenvalue weighted by Crippen LogP contribution is -2.12. The van der Waals surface area contributed by atoms with E-state index in [0.29, 0.717) is 22.6 Å². The first-order valence-electron chi connectivity index (χ1n) is 9.21. The van der Waals surface area contributed by atoms with E-state index in [1.807, 2.05) is 43.5 Å². The second-order valence-corrected chi connectivity index (χ2v) is 6.88. The van der Waals surface area contributed by atoms with E-state index < -0.39 is 0 Å². The van der Waals surface area contributed by atoms with E-state index >= 15 is 0 Å². The Balaban J connectivity index is 1.48. The molecule has 2 N–H and O–H groups in total. The van der Waals surface area contributed by atoms with Crippen LogP contribution in [0, 0.1) is 6.92 Å². The van der Waals surface area contributed by atoms with Gasteiger partial charge in [0.1, 0.15) is 0 Å². The average molecular weight is 399 g/mol. The number of aromatic amines is 1. The average Bonchev–Trinajstić information content (AvgIpc) is 3.49. The number of nitrogens with zero attached hydrogens (tertiary/aromatic N) is 7. The van der Waals surface area contributed by atoms with Crippen LogP contribution in [-0.4, -0.2) is 45.9 Å². The Labute approximate surface area is 170 Å². The summed E-state index contributed by atoms with van der Waals surface area (Å²) in [6, 6.07) is 9.49. The third kappa shape index (κ3) is 3.09. The molecule has 0 aliphatic heterocycles. The number of benzene rings is 1. The smallest absolute Gasteiger partial charge is 0.259 e. The molecule has 0 bridgehead atoms. The molecule has 0 saturated heterocycles. The van der Waals surface area contributed by atoms with E-state index in [2.05, 4.69) is 36.0 Å². The number of amides is 1. The zero-order valence-electron chi connectivity index (χ0n) is 16.2. The van der Waals surface area contributed by atoms with Crippen LogP contribution >= 0.6 is 0 Å². The molecule has 10 nitrogen and oxygen atoms in total. The maximum atomic E-state index is 13.1. The molecular formula is C20H17N9O. The van der Waals surface area contributed by atoms with Crippen LogP contribution in [0.3, 0.4) is 0 Å². The Morgan fingerprint density at radius 1 is 1.10 bits per heavy atom. The molecule has 0 fully saturated rings. The Kier molecular flexibility index (Phi) is 4.09. The summed E-state index contributed by atoms with van der Waals surface area (Å²) < 4.78 is 1.67. The number of tetrazole rings is 1. The Bertz CT molecular complexity index is 1360. The van der Waals surface area contributed by atoms with Gasteiger partial charge < -0.3 is 5.32 Å². The molecule has 148 valence electrons. The fraction of sp³-hybridized carbons (Fsp3) is 0.100. The topological polar surface area (TPSA) is 119 Å². The van der Waals surface area contributed by atoms with E-state index in [-0.39, 0.29) is 5.91 Å². The van der Waals surface area contributed by atoms with Crippen molar-refractivity contribution in [1.29, 1.82) is 0 Å². The summed E-state index contributed by atoms with van der Waals surface area (Å²) in [5, 5.41) is 26.2. The van der Waals surface area contributed by atoms with Gasteiger partial charge in [-0.1, -0.05) is 12.1 Å². The summed E-state index contributed by atoms with van der Waals surface area (Å²) in [7, 11) is 1.70. The van der Waals surface area contributed by atoms with E-state index in [9.17, 15) is 4.79 Å². The number of carbonyl (C=O) groups excluding carboxylic acids is 1. The number of carbonyl (C=O) groups is 1. The summed E-state index contributed by atoms with van der Waals surface area (Å²) in [5.41, 5.74) is 5.43. The molecule has 0 atom stereocenters. The van der Waals surface area contributed by atoms with Gasteiger partial charge in [-0.3, -0.25) is 9.89 Å². The molecule has 10 heteroatoms. The highest BCUT2D eigenvalue weighted by atomic mass is 16.1. The minimum atomic E-state index is -0.248. The van der Waals surface area contributed by atoms with E-state index in [1.165, 1.54) is 4.80 Å². The van der Waals surface area contributed by atoms with Crippen LogP contribution in [0.1, 0.15) is 15.9 Å². The van der Waals surface area contributed by atoms with Crippen molar-refractivity contribution in [3.05, 3.63) is 66.2 Å². The van der Waals surface area contributed by atoms with Gasteiger partial charge in [0.25, 0.3) is 5.91 Å². The fourth-order valence-corrected chi connectivity index (χ4v) is 3.23. The lowest BCUT2D eigenvalue weighted by Gasteiger charge is -2.09. The first-order valence-corrected chi connectivity index (χ1v) is 9.21. The van der Waals surface area contributed by atoms with Crippen molar-refractivity contribution >= 4 is 17.1 Å². The number of hydrogen-bond donors (Lipinski definition) is 2. The summed E-state index contributed by atoms with van der Waals surface area (Å²) in [5.74, 6) is 0.246. The monoisotopic (exact) mass is 399 g/mol. The van der Waals surface area contributed by atoms with Crippen molar-refractivity contribution in [2.75, 3.05) is 5.32 Å². The molecule has 1 aromatic carbocycles. The van der Waals surface area contributed by atoms with Gasteiger partial charge >= 0.3 is 0 Å². The van der Waals surface area contributed by atoms with Crippen molar-refractivity contribution in [1.82, 2.24) is 40.0 Å². The van der Waals surface area contributed by atoms with Gasteiger partial charge in [0, 0.05) is 29.2 Å². The summed E-state index contributed by atoms with van der Waals surface area (Å²) >= 11 is 0. The molecule has 4 heterocycles. The van der Waals surface area contributed by atoms with Crippen molar-refractivity contribution in [2.45, 2.75) is 6.92 Å². The van der Waals surface area contributed by atoms with Crippen LogP contribution < -0.4 is 5.32 Å². The second-order valence-electron chi connectivity index (χ2n) is 6.88. The molecule has 5 aromatic rings. The summed E-state index contributed by atoms with van der Waals surface area (Å²) in [4.78, 5) is 14.5. The first kappa shape index (κ1) is 17.7. The molecule has 0 unspecified atom stereocenters. The fourth-order valence-electron chi connectivity index (χ4n) is 3.23. The third-order valence-corrected chi connectivity index (χ3v) is 4.85. The molecule has 0 spiro atoms. The number of rotatable bonds is 4. The summed E-state index contributed by atoms with van der Waals surface area (Å²) in [6.45, 7) is 1.93. The lowest BCUT2D eigenvalue weighted by atomic mass is 10.1. The van der Waals surface area contributed by atoms with Gasteiger partial charge in [-0.15, -0.1) is 10.2 Å². The van der Waals surface area contributed by atoms with Crippen molar-refractivity contribution in [3.63, 3.8) is 0 Å². The molecule has 4 aromatic heterocycles. The first-order chi connectivity index (χ1) is 14.6. The molecule has 0 aliphatic carbocycles. The standard InChI is InChI=1S/C20H17N9O/c1-12-3-4-14(19-25-27-28(2)26-19)7-17(12)24-20(30)16-11-23-29-6-5-13(8-18(16)29)15-9-21-22-10-15/h3-11H,1-2H3,(H,21,22)(H,24,30). The molecule has 0 aliphatic rings. The lowest BCUT2D eigenvalue weighted by molar-refractivity contribution is 0.102. The minimum absolute atomic E-state index is 0.248. The van der Waals surface area contributed by atoms with Gasteiger partial charge in [-0.25, -0.2) is 4.52 Å². The predicted octanol–water partition coefficient (Wildman–Crippen LogP) is 2.48. The number of pyridine rings is 1. The zero-order valence-corrected chi connectivity index (χ0v) is 16.2. The highest BCUT2D eigenvalue weighted by molar-refractivity contribution is 6.09.